The molecule has 1 fully saturated rings. The number of hydrogen-bond acceptors (Lipinski definition) is 6. The molecule has 0 spiro atoms. The van der Waals surface area contributed by atoms with Crippen LogP contribution in [0.2, 0.25) is 0 Å². The van der Waals surface area contributed by atoms with Crippen LogP contribution in [0.5, 0.6) is 0 Å². The molecule has 0 aliphatic carbocycles. The summed E-state index contributed by atoms with van der Waals surface area (Å²) >= 11 is 0. The van der Waals surface area contributed by atoms with Crippen LogP contribution in [0.1, 0.15) is 68.1 Å². The highest BCUT2D eigenvalue weighted by molar-refractivity contribution is 5.90. The van der Waals surface area contributed by atoms with E-state index in [-0.39, 0.29) is 30.6 Å². The number of carbonyl (C=O) groups excluding carboxylic acids is 2. The summed E-state index contributed by atoms with van der Waals surface area (Å²) < 4.78 is 12.7. The van der Waals surface area contributed by atoms with Gasteiger partial charge in [-0.15, -0.1) is 6.58 Å². The van der Waals surface area contributed by atoms with Crippen LogP contribution in [0, 0.1) is 0 Å². The third kappa shape index (κ3) is 9.68. The first-order valence-corrected chi connectivity index (χ1v) is 13.3. The quantitative estimate of drug-likeness (QED) is 0.249. The van der Waals surface area contributed by atoms with Crippen molar-refractivity contribution < 1.29 is 24.2 Å². The van der Waals surface area contributed by atoms with Gasteiger partial charge in [-0.1, -0.05) is 48.9 Å². The third-order valence-corrected chi connectivity index (χ3v) is 6.49. The van der Waals surface area contributed by atoms with Crippen LogP contribution in [0.3, 0.4) is 0 Å². The first-order chi connectivity index (χ1) is 18.4. The lowest BCUT2D eigenvalue weighted by Crippen LogP contribution is -2.37. The van der Waals surface area contributed by atoms with Gasteiger partial charge < -0.3 is 30.1 Å². The van der Waals surface area contributed by atoms with Crippen LogP contribution in [0.4, 0.5) is 5.69 Å². The van der Waals surface area contributed by atoms with Crippen molar-refractivity contribution in [3.8, 4) is 0 Å². The van der Waals surface area contributed by atoms with Crippen LogP contribution in [-0.2, 0) is 25.7 Å². The van der Waals surface area contributed by atoms with Gasteiger partial charge in [-0.25, -0.2) is 0 Å². The van der Waals surface area contributed by atoms with Crippen LogP contribution in [0.15, 0.2) is 61.2 Å². The monoisotopic (exact) mass is 523 g/mol. The molecule has 8 heteroatoms. The number of nitrogens with zero attached hydrogens (tertiary/aromatic N) is 1. The van der Waals surface area contributed by atoms with Crippen LogP contribution in [-0.4, -0.2) is 54.6 Å². The first kappa shape index (κ1) is 29.5. The number of ether oxygens (including phenoxy) is 2. The molecular formula is C30H41N3O5. The van der Waals surface area contributed by atoms with Crippen LogP contribution in [0.25, 0.3) is 0 Å². The standard InChI is InChI=1S/C30H41N3O5/c1-4-18-33(3)20-27-19-28(24-11-9-23(21-34)10-12-24)38-30(37-27)25-13-15-26(16-14-25)32-29(36)8-6-5-7-17-31-22(2)35/h4,9-16,27-28,30,34H,1,5-8,17-21H2,2-3H3,(H,31,35)(H,32,36)/t27-,28+,30+/m0/s1. The number of amides is 2. The highest BCUT2D eigenvalue weighted by Gasteiger charge is 2.32. The molecule has 1 heterocycles. The van der Waals surface area contributed by atoms with Gasteiger partial charge in [-0.3, -0.25) is 9.59 Å². The molecule has 3 rings (SSSR count). The Kier molecular flexibility index (Phi) is 12.0. The van der Waals surface area contributed by atoms with Crippen molar-refractivity contribution in [3.05, 3.63) is 77.9 Å². The number of aliphatic hydroxyl groups is 1. The average Bonchev–Trinajstić information content (AvgIpc) is 2.91. The minimum atomic E-state index is -0.540. The Morgan fingerprint density at radius 1 is 1.05 bits per heavy atom. The number of benzene rings is 2. The summed E-state index contributed by atoms with van der Waals surface area (Å²) in [5.41, 5.74) is 3.52. The van der Waals surface area contributed by atoms with Gasteiger partial charge in [0.05, 0.1) is 18.8 Å². The summed E-state index contributed by atoms with van der Waals surface area (Å²) in [7, 11) is 2.04. The molecule has 206 valence electrons. The second-order valence-electron chi connectivity index (χ2n) is 9.82. The largest absolute Gasteiger partial charge is 0.392 e. The zero-order chi connectivity index (χ0) is 27.3. The van der Waals surface area contributed by atoms with E-state index in [0.29, 0.717) is 13.0 Å². The van der Waals surface area contributed by atoms with Crippen molar-refractivity contribution in [2.45, 2.75) is 64.1 Å². The van der Waals surface area contributed by atoms with E-state index in [1.807, 2.05) is 61.7 Å². The predicted octanol–water partition coefficient (Wildman–Crippen LogP) is 4.48. The Morgan fingerprint density at radius 3 is 2.42 bits per heavy atom. The highest BCUT2D eigenvalue weighted by Crippen LogP contribution is 2.38. The molecule has 1 aliphatic heterocycles. The number of unbranched alkanes of at least 4 members (excludes halogenated alkanes) is 2. The van der Waals surface area contributed by atoms with E-state index in [1.54, 1.807) is 0 Å². The Hall–Kier alpha value is -3.04. The molecule has 3 atom stereocenters. The number of rotatable bonds is 14. The number of likely N-dealkylation sites (N-methyl/N-ethyl adjacent to an activating group) is 1. The average molecular weight is 524 g/mol. The van der Waals surface area contributed by atoms with Crippen LogP contribution >= 0.6 is 0 Å². The van der Waals surface area contributed by atoms with Gasteiger partial charge in [0.25, 0.3) is 0 Å². The highest BCUT2D eigenvalue weighted by atomic mass is 16.7. The lowest BCUT2D eigenvalue weighted by atomic mass is 9.99. The molecule has 0 unspecified atom stereocenters. The topological polar surface area (TPSA) is 100 Å². The van der Waals surface area contributed by atoms with E-state index in [2.05, 4.69) is 22.1 Å². The minimum Gasteiger partial charge on any atom is -0.392 e. The summed E-state index contributed by atoms with van der Waals surface area (Å²) in [6.45, 7) is 7.49. The Bertz CT molecular complexity index is 1030. The van der Waals surface area contributed by atoms with Gasteiger partial charge in [-0.05, 0) is 43.1 Å². The number of aliphatic hydroxyl groups excluding tert-OH is 1. The molecule has 38 heavy (non-hydrogen) atoms. The third-order valence-electron chi connectivity index (χ3n) is 6.49. The van der Waals surface area contributed by atoms with Gasteiger partial charge in [0, 0.05) is 50.7 Å². The fraction of sp³-hybridized carbons (Fsp3) is 0.467. The maximum atomic E-state index is 12.3. The smallest absolute Gasteiger partial charge is 0.224 e. The second-order valence-corrected chi connectivity index (χ2v) is 9.82. The van der Waals surface area contributed by atoms with Gasteiger partial charge in [0.2, 0.25) is 11.8 Å². The fourth-order valence-corrected chi connectivity index (χ4v) is 4.47. The minimum absolute atomic E-state index is 0.00794. The van der Waals surface area contributed by atoms with Crippen molar-refractivity contribution in [1.82, 2.24) is 10.2 Å². The molecule has 3 N–H and O–H groups in total. The molecule has 1 saturated heterocycles. The molecule has 1 aliphatic rings. The summed E-state index contributed by atoms with van der Waals surface area (Å²) in [6, 6.07) is 15.4. The lowest BCUT2D eigenvalue weighted by Gasteiger charge is -2.37. The summed E-state index contributed by atoms with van der Waals surface area (Å²) in [5.74, 6) is -0.0582. The molecule has 0 saturated carbocycles. The normalized spacial score (nSPS) is 19.2. The van der Waals surface area contributed by atoms with E-state index in [0.717, 1.165) is 61.2 Å². The van der Waals surface area contributed by atoms with Crippen LogP contribution < -0.4 is 10.6 Å². The van der Waals surface area contributed by atoms with Crippen molar-refractivity contribution >= 4 is 17.5 Å². The molecular weight excluding hydrogens is 482 g/mol. The first-order valence-electron chi connectivity index (χ1n) is 13.3. The van der Waals surface area contributed by atoms with Crippen molar-refractivity contribution in [1.29, 1.82) is 0 Å². The fourth-order valence-electron chi connectivity index (χ4n) is 4.47. The number of anilines is 1. The van der Waals surface area contributed by atoms with E-state index < -0.39 is 6.29 Å². The van der Waals surface area contributed by atoms with Gasteiger partial charge >= 0.3 is 0 Å². The molecule has 0 aromatic heterocycles. The van der Waals surface area contributed by atoms with E-state index in [1.165, 1.54) is 6.92 Å². The Labute approximate surface area is 226 Å². The molecule has 8 nitrogen and oxygen atoms in total. The van der Waals surface area contributed by atoms with Gasteiger partial charge in [0.1, 0.15) is 0 Å². The maximum absolute atomic E-state index is 12.3. The van der Waals surface area contributed by atoms with Gasteiger partial charge in [-0.2, -0.15) is 0 Å². The van der Waals surface area contributed by atoms with Crippen molar-refractivity contribution in [2.75, 3.05) is 32.0 Å². The number of hydrogen-bond donors (Lipinski definition) is 3. The Balaban J connectivity index is 1.59. The lowest BCUT2D eigenvalue weighted by molar-refractivity contribution is -0.252. The molecule has 0 radical (unpaired) electrons. The molecule has 0 bridgehead atoms. The molecule has 2 aromatic rings. The Morgan fingerprint density at radius 2 is 1.76 bits per heavy atom. The van der Waals surface area contributed by atoms with Crippen molar-refractivity contribution in [3.63, 3.8) is 0 Å². The second kappa shape index (κ2) is 15.4. The zero-order valence-electron chi connectivity index (χ0n) is 22.5. The SMILES string of the molecule is C=CCN(C)C[C@@H]1C[C@H](c2ccc(CO)cc2)O[C@H](c2ccc(NC(=O)CCCCCNC(C)=O)cc2)O1. The maximum Gasteiger partial charge on any atom is 0.224 e. The number of nitrogens with one attached hydrogen (secondary N) is 2. The zero-order valence-corrected chi connectivity index (χ0v) is 22.5. The molecule has 2 aromatic carbocycles. The van der Waals surface area contributed by atoms with E-state index >= 15 is 0 Å². The summed E-state index contributed by atoms with van der Waals surface area (Å²) in [5, 5.41) is 15.1. The van der Waals surface area contributed by atoms with E-state index in [4.69, 9.17) is 9.47 Å². The molecule has 2 amide bonds. The number of carbonyl (C=O) groups is 2. The summed E-state index contributed by atoms with van der Waals surface area (Å²) in [6.07, 6.45) is 4.83. The summed E-state index contributed by atoms with van der Waals surface area (Å²) in [4.78, 5) is 25.4. The predicted molar refractivity (Wildman–Crippen MR) is 148 cm³/mol. The van der Waals surface area contributed by atoms with Crippen molar-refractivity contribution in [2.24, 2.45) is 0 Å². The van der Waals surface area contributed by atoms with Gasteiger partial charge in [0.15, 0.2) is 6.29 Å². The van der Waals surface area contributed by atoms with E-state index in [9.17, 15) is 14.7 Å².